The molecule has 1 aromatic rings. The molecule has 2 rings (SSSR count). The van der Waals surface area contributed by atoms with E-state index >= 15 is 0 Å². The molecule has 0 amide bonds. The molecule has 20 heavy (non-hydrogen) atoms. The summed E-state index contributed by atoms with van der Waals surface area (Å²) in [5, 5.41) is 10.0. The van der Waals surface area contributed by atoms with Crippen LogP contribution >= 0.6 is 11.6 Å². The first kappa shape index (κ1) is 15.7. The first-order valence-electron chi connectivity index (χ1n) is 7.02. The minimum absolute atomic E-state index is 0.0175. The average Bonchev–Trinajstić information content (AvgIpc) is 2.43. The maximum Gasteiger partial charge on any atom is 0.0933 e. The summed E-state index contributed by atoms with van der Waals surface area (Å²) in [5.41, 5.74) is 7.36. The predicted octanol–water partition coefficient (Wildman–Crippen LogP) is 1.81. The molecule has 0 saturated carbocycles. The normalized spacial score (nSPS) is 27.2. The van der Waals surface area contributed by atoms with Gasteiger partial charge in [-0.05, 0) is 31.5 Å². The van der Waals surface area contributed by atoms with Crippen LogP contribution in [0.4, 0.5) is 0 Å². The predicted molar refractivity (Wildman–Crippen MR) is 80.8 cm³/mol. The molecule has 0 radical (unpaired) electrons. The van der Waals surface area contributed by atoms with E-state index in [9.17, 15) is 5.11 Å². The Morgan fingerprint density at radius 2 is 2.10 bits per heavy atom. The van der Waals surface area contributed by atoms with Crippen molar-refractivity contribution in [3.05, 3.63) is 34.9 Å². The lowest BCUT2D eigenvalue weighted by Crippen LogP contribution is -2.54. The first-order valence-corrected chi connectivity index (χ1v) is 7.40. The van der Waals surface area contributed by atoms with Gasteiger partial charge in [-0.2, -0.15) is 0 Å². The van der Waals surface area contributed by atoms with Gasteiger partial charge in [0.25, 0.3) is 0 Å². The smallest absolute Gasteiger partial charge is 0.0933 e. The van der Waals surface area contributed by atoms with Crippen molar-refractivity contribution in [1.29, 1.82) is 0 Å². The highest BCUT2D eigenvalue weighted by Gasteiger charge is 2.33. The zero-order chi connectivity index (χ0) is 14.7. The summed E-state index contributed by atoms with van der Waals surface area (Å²) in [7, 11) is 0. The number of nitrogens with two attached hydrogens (primary N) is 1. The Labute approximate surface area is 125 Å². The van der Waals surface area contributed by atoms with E-state index in [1.54, 1.807) is 0 Å². The Kier molecular flexibility index (Phi) is 5.41. The third kappa shape index (κ3) is 3.51. The molecule has 4 atom stereocenters. The van der Waals surface area contributed by atoms with Crippen molar-refractivity contribution in [3.63, 3.8) is 0 Å². The number of halogens is 1. The molecule has 4 nitrogen and oxygen atoms in total. The molecule has 1 aliphatic heterocycles. The SMILES string of the molecule is CC(N)C(c1ccc(Cl)cc1)N1CC(CO)OCC1C. The fraction of sp³-hybridized carbons (Fsp3) is 0.600. The average molecular weight is 299 g/mol. The number of hydrogen-bond donors (Lipinski definition) is 2. The van der Waals surface area contributed by atoms with Crippen LogP contribution in [0, 0.1) is 0 Å². The van der Waals surface area contributed by atoms with Gasteiger partial charge < -0.3 is 15.6 Å². The molecule has 4 unspecified atom stereocenters. The van der Waals surface area contributed by atoms with Crippen LogP contribution in [0.25, 0.3) is 0 Å². The van der Waals surface area contributed by atoms with Gasteiger partial charge in [-0.25, -0.2) is 0 Å². The summed E-state index contributed by atoms with van der Waals surface area (Å²) in [4.78, 5) is 2.32. The van der Waals surface area contributed by atoms with Crippen LogP contribution in [0.15, 0.2) is 24.3 Å². The molecular weight excluding hydrogens is 276 g/mol. The number of aliphatic hydroxyl groups is 1. The summed E-state index contributed by atoms with van der Waals surface area (Å²) in [5.74, 6) is 0. The highest BCUT2D eigenvalue weighted by Crippen LogP contribution is 2.29. The maximum absolute atomic E-state index is 9.32. The highest BCUT2D eigenvalue weighted by atomic mass is 35.5. The summed E-state index contributed by atoms with van der Waals surface area (Å²) < 4.78 is 5.60. The van der Waals surface area contributed by atoms with Crippen molar-refractivity contribution in [2.75, 3.05) is 19.8 Å². The molecule has 1 fully saturated rings. The van der Waals surface area contributed by atoms with E-state index in [1.807, 2.05) is 31.2 Å². The Morgan fingerprint density at radius 1 is 1.45 bits per heavy atom. The monoisotopic (exact) mass is 298 g/mol. The van der Waals surface area contributed by atoms with Crippen LogP contribution in [0.1, 0.15) is 25.5 Å². The van der Waals surface area contributed by atoms with Gasteiger partial charge in [-0.3, -0.25) is 4.90 Å². The van der Waals surface area contributed by atoms with Crippen LogP contribution < -0.4 is 5.73 Å². The first-order chi connectivity index (χ1) is 9.52. The molecule has 1 saturated heterocycles. The van der Waals surface area contributed by atoms with Gasteiger partial charge in [0.15, 0.2) is 0 Å². The van der Waals surface area contributed by atoms with Gasteiger partial charge in [0.2, 0.25) is 0 Å². The molecule has 112 valence electrons. The summed E-state index contributed by atoms with van der Waals surface area (Å²) in [6, 6.07) is 8.17. The molecule has 3 N–H and O–H groups in total. The number of aliphatic hydroxyl groups excluding tert-OH is 1. The minimum Gasteiger partial charge on any atom is -0.394 e. The molecule has 0 bridgehead atoms. The van der Waals surface area contributed by atoms with E-state index in [2.05, 4.69) is 11.8 Å². The molecule has 0 aliphatic carbocycles. The van der Waals surface area contributed by atoms with E-state index in [0.29, 0.717) is 13.2 Å². The van der Waals surface area contributed by atoms with Crippen LogP contribution in [-0.4, -0.2) is 48.0 Å². The number of hydrogen-bond acceptors (Lipinski definition) is 4. The van der Waals surface area contributed by atoms with Crippen molar-refractivity contribution in [3.8, 4) is 0 Å². The van der Waals surface area contributed by atoms with Crippen molar-refractivity contribution < 1.29 is 9.84 Å². The molecule has 0 aromatic heterocycles. The lowest BCUT2D eigenvalue weighted by Gasteiger charge is -2.44. The van der Waals surface area contributed by atoms with E-state index in [0.717, 1.165) is 10.6 Å². The van der Waals surface area contributed by atoms with Gasteiger partial charge in [-0.15, -0.1) is 0 Å². The Balaban J connectivity index is 2.25. The highest BCUT2D eigenvalue weighted by molar-refractivity contribution is 6.30. The van der Waals surface area contributed by atoms with Crippen molar-refractivity contribution >= 4 is 11.6 Å². The molecule has 1 aliphatic rings. The summed E-state index contributed by atoms with van der Waals surface area (Å²) in [6.07, 6.45) is -0.139. The number of benzene rings is 1. The van der Waals surface area contributed by atoms with Crippen molar-refractivity contribution in [1.82, 2.24) is 4.90 Å². The summed E-state index contributed by atoms with van der Waals surface area (Å²) in [6.45, 7) is 5.47. The maximum atomic E-state index is 9.32. The van der Waals surface area contributed by atoms with Gasteiger partial charge >= 0.3 is 0 Å². The number of ether oxygens (including phenoxy) is 1. The van der Waals surface area contributed by atoms with Crippen LogP contribution in [0.2, 0.25) is 5.02 Å². The molecular formula is C15H23ClN2O2. The fourth-order valence-electron chi connectivity index (χ4n) is 2.79. The van der Waals surface area contributed by atoms with E-state index in [-0.39, 0.29) is 30.8 Å². The molecule has 0 spiro atoms. The molecule has 1 aromatic carbocycles. The standard InChI is InChI=1S/C15H23ClN2O2/c1-10-9-20-14(8-19)7-18(10)15(11(2)17)12-3-5-13(16)6-4-12/h3-6,10-11,14-15,19H,7-9,17H2,1-2H3. The van der Waals surface area contributed by atoms with Gasteiger partial charge in [0.05, 0.1) is 25.4 Å². The van der Waals surface area contributed by atoms with Gasteiger partial charge in [0, 0.05) is 23.7 Å². The number of nitrogens with zero attached hydrogens (tertiary/aromatic N) is 1. The van der Waals surface area contributed by atoms with E-state index in [1.165, 1.54) is 0 Å². The minimum atomic E-state index is -0.139. The summed E-state index contributed by atoms with van der Waals surface area (Å²) >= 11 is 5.96. The quantitative estimate of drug-likeness (QED) is 0.890. The third-order valence-electron chi connectivity index (χ3n) is 3.82. The second-order valence-corrected chi connectivity index (χ2v) is 5.98. The Morgan fingerprint density at radius 3 is 2.65 bits per heavy atom. The third-order valence-corrected chi connectivity index (χ3v) is 4.08. The second-order valence-electron chi connectivity index (χ2n) is 5.54. The van der Waals surface area contributed by atoms with Crippen molar-refractivity contribution in [2.24, 2.45) is 5.73 Å². The largest absolute Gasteiger partial charge is 0.394 e. The lowest BCUT2D eigenvalue weighted by atomic mass is 9.96. The number of morpholine rings is 1. The second kappa shape index (κ2) is 6.87. The van der Waals surface area contributed by atoms with Crippen LogP contribution in [-0.2, 0) is 4.74 Å². The Bertz CT molecular complexity index is 424. The fourth-order valence-corrected chi connectivity index (χ4v) is 2.92. The zero-order valence-corrected chi connectivity index (χ0v) is 12.8. The van der Waals surface area contributed by atoms with Crippen LogP contribution in [0.5, 0.6) is 0 Å². The van der Waals surface area contributed by atoms with Gasteiger partial charge in [-0.1, -0.05) is 23.7 Å². The molecule has 5 heteroatoms. The van der Waals surface area contributed by atoms with Crippen LogP contribution in [0.3, 0.4) is 0 Å². The zero-order valence-electron chi connectivity index (χ0n) is 12.0. The lowest BCUT2D eigenvalue weighted by molar-refractivity contribution is -0.0941. The van der Waals surface area contributed by atoms with Gasteiger partial charge in [0.1, 0.15) is 0 Å². The van der Waals surface area contributed by atoms with E-state index in [4.69, 9.17) is 22.1 Å². The number of rotatable bonds is 4. The Hall–Kier alpha value is -0.650. The van der Waals surface area contributed by atoms with E-state index < -0.39 is 0 Å². The topological polar surface area (TPSA) is 58.7 Å². The van der Waals surface area contributed by atoms with Crippen molar-refractivity contribution in [2.45, 2.75) is 38.1 Å². The molecule has 1 heterocycles.